The predicted octanol–water partition coefficient (Wildman–Crippen LogP) is 3.37. The molecule has 3 rings (SSSR count). The molecule has 24 heavy (non-hydrogen) atoms. The number of halogens is 1. The molecule has 0 spiro atoms. The number of amides is 1. The van der Waals surface area contributed by atoms with Crippen LogP contribution in [0.3, 0.4) is 0 Å². The number of carbonyl (C=O) groups excluding carboxylic acids is 1. The molecule has 0 radical (unpaired) electrons. The molecule has 2 aliphatic rings. The fourth-order valence-electron chi connectivity index (χ4n) is 2.68. The smallest absolute Gasteiger partial charge is 0.266 e. The lowest BCUT2D eigenvalue weighted by Gasteiger charge is -2.27. The maximum Gasteiger partial charge on any atom is 0.266 e. The quantitative estimate of drug-likeness (QED) is 0.532. The van der Waals surface area contributed by atoms with Gasteiger partial charge in [0.25, 0.3) is 5.91 Å². The Morgan fingerprint density at radius 1 is 1.21 bits per heavy atom. The zero-order valence-electron chi connectivity index (χ0n) is 13.2. The van der Waals surface area contributed by atoms with E-state index in [-0.39, 0.29) is 5.91 Å². The van der Waals surface area contributed by atoms with Crippen LogP contribution in [0.5, 0.6) is 0 Å². The van der Waals surface area contributed by atoms with E-state index in [1.165, 1.54) is 11.8 Å². The SMILES string of the molecule is O=C1/C(=C/c2ccc(Br)cc2)SC(=S)N1CCCN1CCOCC1. The lowest BCUT2D eigenvalue weighted by atomic mass is 10.2. The summed E-state index contributed by atoms with van der Waals surface area (Å²) in [5, 5.41) is 0. The summed E-state index contributed by atoms with van der Waals surface area (Å²) in [5.41, 5.74) is 1.01. The second-order valence-electron chi connectivity index (χ2n) is 5.69. The van der Waals surface area contributed by atoms with E-state index in [1.807, 2.05) is 30.3 Å². The van der Waals surface area contributed by atoms with Crippen molar-refractivity contribution in [3.63, 3.8) is 0 Å². The van der Waals surface area contributed by atoms with Gasteiger partial charge in [-0.15, -0.1) is 0 Å². The van der Waals surface area contributed by atoms with Crippen LogP contribution in [0.2, 0.25) is 0 Å². The van der Waals surface area contributed by atoms with Crippen molar-refractivity contribution in [3.05, 3.63) is 39.2 Å². The summed E-state index contributed by atoms with van der Waals surface area (Å²) in [6.45, 7) is 5.21. The highest BCUT2D eigenvalue weighted by molar-refractivity contribution is 9.10. The van der Waals surface area contributed by atoms with Crippen LogP contribution in [0.25, 0.3) is 6.08 Å². The predicted molar refractivity (Wildman–Crippen MR) is 106 cm³/mol. The van der Waals surface area contributed by atoms with E-state index in [1.54, 1.807) is 4.90 Å². The largest absolute Gasteiger partial charge is 0.379 e. The van der Waals surface area contributed by atoms with Crippen LogP contribution in [0, 0.1) is 0 Å². The number of hydrogen-bond acceptors (Lipinski definition) is 5. The molecule has 0 aromatic heterocycles. The highest BCUT2D eigenvalue weighted by atomic mass is 79.9. The summed E-state index contributed by atoms with van der Waals surface area (Å²) >= 11 is 10.2. The number of hydrogen-bond donors (Lipinski definition) is 0. The summed E-state index contributed by atoms with van der Waals surface area (Å²) in [4.78, 5) is 17.4. The first-order chi connectivity index (χ1) is 11.6. The minimum absolute atomic E-state index is 0.0231. The summed E-state index contributed by atoms with van der Waals surface area (Å²) in [6, 6.07) is 7.90. The third-order valence-corrected chi connectivity index (χ3v) is 5.91. The minimum Gasteiger partial charge on any atom is -0.379 e. The van der Waals surface area contributed by atoms with Crippen molar-refractivity contribution in [1.29, 1.82) is 0 Å². The Bertz CT molecular complexity index is 642. The maximum absolute atomic E-state index is 12.6. The molecule has 2 aliphatic heterocycles. The van der Waals surface area contributed by atoms with Gasteiger partial charge in [-0.3, -0.25) is 14.6 Å². The summed E-state index contributed by atoms with van der Waals surface area (Å²) in [7, 11) is 0. The van der Waals surface area contributed by atoms with Gasteiger partial charge >= 0.3 is 0 Å². The lowest BCUT2D eigenvalue weighted by molar-refractivity contribution is -0.122. The normalized spacial score (nSPS) is 21.0. The number of thiocarbonyl (C=S) groups is 1. The van der Waals surface area contributed by atoms with Gasteiger partial charge in [0.1, 0.15) is 4.32 Å². The third-order valence-electron chi connectivity index (χ3n) is 4.00. The van der Waals surface area contributed by atoms with E-state index >= 15 is 0 Å². The molecule has 0 bridgehead atoms. The highest BCUT2D eigenvalue weighted by Gasteiger charge is 2.31. The van der Waals surface area contributed by atoms with Crippen molar-refractivity contribution >= 4 is 56.2 Å². The average molecular weight is 427 g/mol. The van der Waals surface area contributed by atoms with Crippen LogP contribution >= 0.6 is 39.9 Å². The molecule has 0 unspecified atom stereocenters. The standard InChI is InChI=1S/C17H19BrN2O2S2/c18-14-4-2-13(3-5-14)12-15-16(21)20(17(23)24-15)7-1-6-19-8-10-22-11-9-19/h2-5,12H,1,6-11H2/b15-12-. The first-order valence-electron chi connectivity index (χ1n) is 7.94. The molecule has 1 amide bonds. The van der Waals surface area contributed by atoms with E-state index in [2.05, 4.69) is 20.8 Å². The topological polar surface area (TPSA) is 32.8 Å². The van der Waals surface area contributed by atoms with Gasteiger partial charge in [-0.25, -0.2) is 0 Å². The highest BCUT2D eigenvalue weighted by Crippen LogP contribution is 2.32. The van der Waals surface area contributed by atoms with E-state index in [4.69, 9.17) is 17.0 Å². The van der Waals surface area contributed by atoms with Gasteiger partial charge in [0.05, 0.1) is 18.1 Å². The monoisotopic (exact) mass is 426 g/mol. The molecule has 0 atom stereocenters. The first-order valence-corrected chi connectivity index (χ1v) is 9.96. The van der Waals surface area contributed by atoms with Gasteiger partial charge in [-0.05, 0) is 30.2 Å². The van der Waals surface area contributed by atoms with E-state index < -0.39 is 0 Å². The number of nitrogens with zero attached hydrogens (tertiary/aromatic N) is 2. The Balaban J connectivity index is 1.56. The number of rotatable bonds is 5. The van der Waals surface area contributed by atoms with Crippen molar-refractivity contribution in [3.8, 4) is 0 Å². The maximum atomic E-state index is 12.6. The summed E-state index contributed by atoms with van der Waals surface area (Å²) in [5.74, 6) is 0.0231. The third kappa shape index (κ3) is 4.67. The lowest BCUT2D eigenvalue weighted by Crippen LogP contribution is -2.38. The van der Waals surface area contributed by atoms with Crippen LogP contribution in [0.15, 0.2) is 33.6 Å². The second kappa shape index (κ2) is 8.58. The van der Waals surface area contributed by atoms with Crippen molar-refractivity contribution < 1.29 is 9.53 Å². The molecule has 1 aromatic carbocycles. The molecular formula is C17H19BrN2O2S2. The van der Waals surface area contributed by atoms with Gasteiger partial charge in [0, 0.05) is 30.7 Å². The Hall–Kier alpha value is -0.730. The molecule has 1 aromatic rings. The van der Waals surface area contributed by atoms with Crippen LogP contribution in [0.4, 0.5) is 0 Å². The molecular weight excluding hydrogens is 408 g/mol. The Kier molecular flexibility index (Phi) is 6.46. The van der Waals surface area contributed by atoms with E-state index in [9.17, 15) is 4.79 Å². The van der Waals surface area contributed by atoms with E-state index in [0.29, 0.717) is 15.8 Å². The fourth-order valence-corrected chi connectivity index (χ4v) is 4.25. The molecule has 0 saturated carbocycles. The van der Waals surface area contributed by atoms with Crippen molar-refractivity contribution in [2.24, 2.45) is 0 Å². The number of carbonyl (C=O) groups is 1. The summed E-state index contributed by atoms with van der Waals surface area (Å²) in [6.07, 6.45) is 2.84. The Labute approximate surface area is 160 Å². The zero-order valence-corrected chi connectivity index (χ0v) is 16.5. The summed E-state index contributed by atoms with van der Waals surface area (Å²) < 4.78 is 7.03. The molecule has 7 heteroatoms. The van der Waals surface area contributed by atoms with Gasteiger partial charge in [-0.2, -0.15) is 0 Å². The van der Waals surface area contributed by atoms with Crippen LogP contribution < -0.4 is 0 Å². The molecule has 128 valence electrons. The van der Waals surface area contributed by atoms with Crippen molar-refractivity contribution in [2.45, 2.75) is 6.42 Å². The Morgan fingerprint density at radius 3 is 2.62 bits per heavy atom. The van der Waals surface area contributed by atoms with Crippen molar-refractivity contribution in [2.75, 3.05) is 39.4 Å². The number of benzene rings is 1. The van der Waals surface area contributed by atoms with Crippen LogP contribution in [-0.4, -0.2) is 59.4 Å². The second-order valence-corrected chi connectivity index (χ2v) is 8.28. The number of ether oxygens (including phenoxy) is 1. The van der Waals surface area contributed by atoms with Crippen LogP contribution in [-0.2, 0) is 9.53 Å². The Morgan fingerprint density at radius 2 is 1.92 bits per heavy atom. The average Bonchev–Trinajstić information content (AvgIpc) is 2.85. The molecule has 2 heterocycles. The van der Waals surface area contributed by atoms with E-state index in [0.717, 1.165) is 49.3 Å². The van der Waals surface area contributed by atoms with Crippen molar-refractivity contribution in [1.82, 2.24) is 9.80 Å². The fraction of sp³-hybridized carbons (Fsp3) is 0.412. The first kappa shape index (κ1) is 18.1. The molecule has 0 N–H and O–H groups in total. The molecule has 0 aliphatic carbocycles. The number of thioether (sulfide) groups is 1. The minimum atomic E-state index is 0.0231. The van der Waals surface area contributed by atoms with Crippen LogP contribution in [0.1, 0.15) is 12.0 Å². The zero-order chi connectivity index (χ0) is 16.9. The molecule has 2 saturated heterocycles. The van der Waals surface area contributed by atoms with Gasteiger partial charge in [0.15, 0.2) is 0 Å². The van der Waals surface area contributed by atoms with Gasteiger partial charge in [0.2, 0.25) is 0 Å². The molecule has 2 fully saturated rings. The van der Waals surface area contributed by atoms with Gasteiger partial charge in [-0.1, -0.05) is 52.0 Å². The molecule has 4 nitrogen and oxygen atoms in total. The van der Waals surface area contributed by atoms with Gasteiger partial charge < -0.3 is 4.74 Å². The number of morpholine rings is 1.